The van der Waals surface area contributed by atoms with E-state index in [4.69, 9.17) is 4.98 Å². The Morgan fingerprint density at radius 3 is 2.62 bits per heavy atom. The Morgan fingerprint density at radius 1 is 1.07 bits per heavy atom. The van der Waals surface area contributed by atoms with Gasteiger partial charge in [-0.1, -0.05) is 73.8 Å². The summed E-state index contributed by atoms with van der Waals surface area (Å²) in [6.45, 7) is 6.79. The van der Waals surface area contributed by atoms with Crippen LogP contribution in [0, 0.1) is 13.8 Å². The number of nitrogens with zero attached hydrogens (tertiary/aromatic N) is 2. The number of unbranched alkanes of at least 4 members (excludes halogenated alkanes) is 3. The molecule has 0 saturated heterocycles. The molecule has 0 aliphatic heterocycles. The summed E-state index contributed by atoms with van der Waals surface area (Å²) in [7, 11) is 0. The van der Waals surface area contributed by atoms with Crippen molar-refractivity contribution in [2.45, 2.75) is 58.2 Å². The fourth-order valence-corrected chi connectivity index (χ4v) is 4.39. The Bertz CT molecular complexity index is 1070. The van der Waals surface area contributed by atoms with Crippen LogP contribution in [0.15, 0.2) is 52.4 Å². The van der Waals surface area contributed by atoms with E-state index in [9.17, 15) is 9.59 Å². The van der Waals surface area contributed by atoms with Gasteiger partial charge in [0.05, 0.1) is 16.7 Å². The lowest BCUT2D eigenvalue weighted by Crippen LogP contribution is -2.24. The molecule has 1 heterocycles. The normalized spacial score (nSPS) is 11.1. The van der Waals surface area contributed by atoms with Gasteiger partial charge in [0.25, 0.3) is 5.56 Å². The molecule has 0 atom stereocenters. The van der Waals surface area contributed by atoms with E-state index in [-0.39, 0.29) is 17.1 Å². The van der Waals surface area contributed by atoms with Gasteiger partial charge in [0.2, 0.25) is 0 Å². The maximum Gasteiger partial charge on any atom is 0.262 e. The predicted octanol–water partition coefficient (Wildman–Crippen LogP) is 5.57. The van der Waals surface area contributed by atoms with Crippen molar-refractivity contribution in [3.8, 4) is 0 Å². The van der Waals surface area contributed by atoms with Crippen molar-refractivity contribution < 1.29 is 4.79 Å². The second-order valence-corrected chi connectivity index (χ2v) is 8.40. The highest BCUT2D eigenvalue weighted by Crippen LogP contribution is 2.21. The first-order valence-corrected chi connectivity index (χ1v) is 11.2. The molecular weight excluding hydrogens is 380 g/mol. The molecule has 29 heavy (non-hydrogen) atoms. The highest BCUT2D eigenvalue weighted by molar-refractivity contribution is 7.99. The molecule has 0 radical (unpaired) electrons. The average Bonchev–Trinajstić information content (AvgIpc) is 2.71. The van der Waals surface area contributed by atoms with Gasteiger partial charge in [-0.25, -0.2) is 4.98 Å². The van der Waals surface area contributed by atoms with Gasteiger partial charge in [0.15, 0.2) is 10.9 Å². The molecule has 0 bridgehead atoms. The third-order valence-corrected chi connectivity index (χ3v) is 6.05. The third kappa shape index (κ3) is 5.15. The van der Waals surface area contributed by atoms with E-state index in [2.05, 4.69) is 6.92 Å². The van der Waals surface area contributed by atoms with E-state index >= 15 is 0 Å². The van der Waals surface area contributed by atoms with Crippen LogP contribution in [0.25, 0.3) is 10.9 Å². The largest absolute Gasteiger partial charge is 0.293 e. The number of ketones is 1. The minimum absolute atomic E-state index is 0.0198. The van der Waals surface area contributed by atoms with Gasteiger partial charge in [-0.15, -0.1) is 0 Å². The topological polar surface area (TPSA) is 52.0 Å². The third-order valence-electron chi connectivity index (χ3n) is 5.08. The predicted molar refractivity (Wildman–Crippen MR) is 121 cm³/mol. The summed E-state index contributed by atoms with van der Waals surface area (Å²) < 4.78 is 1.75. The Balaban J connectivity index is 1.86. The molecule has 0 spiro atoms. The second-order valence-electron chi connectivity index (χ2n) is 7.46. The fraction of sp³-hybridized carbons (Fsp3) is 0.375. The average molecular weight is 409 g/mol. The molecule has 0 saturated carbocycles. The Labute approximate surface area is 176 Å². The summed E-state index contributed by atoms with van der Waals surface area (Å²) in [5, 5.41) is 1.26. The number of aryl methyl sites for hydroxylation is 2. The molecule has 2 aromatic carbocycles. The number of carbonyl (C=O) groups is 1. The molecule has 0 fully saturated rings. The molecule has 0 N–H and O–H groups in total. The van der Waals surface area contributed by atoms with Crippen molar-refractivity contribution in [2.75, 3.05) is 5.75 Å². The summed E-state index contributed by atoms with van der Waals surface area (Å²) in [6, 6.07) is 13.3. The van der Waals surface area contributed by atoms with Gasteiger partial charge < -0.3 is 0 Å². The molecule has 0 amide bonds. The van der Waals surface area contributed by atoms with Gasteiger partial charge in [0.1, 0.15) is 0 Å². The SMILES string of the molecule is CCCCCCn1c(SCC(=O)c2ccc(C)cc2C)nc2ccccc2c1=O. The first kappa shape index (κ1) is 21.3. The maximum atomic E-state index is 13.0. The van der Waals surface area contributed by atoms with Gasteiger partial charge in [-0.3, -0.25) is 14.2 Å². The molecule has 0 aliphatic rings. The second kappa shape index (κ2) is 9.88. The van der Waals surface area contributed by atoms with Gasteiger partial charge >= 0.3 is 0 Å². The standard InChI is InChI=1S/C24H28N2O2S/c1-4-5-6-9-14-26-23(28)20-10-7-8-11-21(20)25-24(26)29-16-22(27)19-13-12-17(2)15-18(19)3/h7-8,10-13,15H,4-6,9,14,16H2,1-3H3. The fourth-order valence-electron chi connectivity index (χ4n) is 3.49. The zero-order valence-corrected chi connectivity index (χ0v) is 18.2. The monoisotopic (exact) mass is 408 g/mol. The van der Waals surface area contributed by atoms with Crippen LogP contribution >= 0.6 is 11.8 Å². The minimum atomic E-state index is -0.0198. The summed E-state index contributed by atoms with van der Waals surface area (Å²) in [4.78, 5) is 30.5. The molecule has 0 aliphatic carbocycles. The molecule has 152 valence electrons. The summed E-state index contributed by atoms with van der Waals surface area (Å²) in [5.41, 5.74) is 3.53. The highest BCUT2D eigenvalue weighted by Gasteiger charge is 2.15. The zero-order valence-electron chi connectivity index (χ0n) is 17.4. The van der Waals surface area contributed by atoms with E-state index in [1.54, 1.807) is 4.57 Å². The quantitative estimate of drug-likeness (QED) is 0.201. The van der Waals surface area contributed by atoms with Crippen molar-refractivity contribution in [1.82, 2.24) is 9.55 Å². The maximum absolute atomic E-state index is 13.0. The lowest BCUT2D eigenvalue weighted by atomic mass is 10.0. The van der Waals surface area contributed by atoms with E-state index in [1.807, 2.05) is 56.3 Å². The van der Waals surface area contributed by atoms with E-state index < -0.39 is 0 Å². The van der Waals surface area contributed by atoms with E-state index in [1.165, 1.54) is 11.8 Å². The van der Waals surface area contributed by atoms with Crippen LogP contribution < -0.4 is 5.56 Å². The first-order valence-electron chi connectivity index (χ1n) is 10.2. The van der Waals surface area contributed by atoms with Crippen molar-refractivity contribution >= 4 is 28.4 Å². The highest BCUT2D eigenvalue weighted by atomic mass is 32.2. The molecule has 3 rings (SSSR count). The van der Waals surface area contributed by atoms with Crippen LogP contribution in [0.1, 0.15) is 54.1 Å². The van der Waals surface area contributed by atoms with E-state index in [0.717, 1.165) is 42.4 Å². The molecule has 5 heteroatoms. The van der Waals surface area contributed by atoms with Crippen LogP contribution in [-0.4, -0.2) is 21.1 Å². The Hall–Kier alpha value is -2.40. The van der Waals surface area contributed by atoms with Crippen molar-refractivity contribution in [3.05, 3.63) is 69.5 Å². The number of rotatable bonds is 9. The van der Waals surface area contributed by atoms with Crippen molar-refractivity contribution in [3.63, 3.8) is 0 Å². The number of aromatic nitrogens is 2. The van der Waals surface area contributed by atoms with Crippen molar-refractivity contribution in [2.24, 2.45) is 0 Å². The number of hydrogen-bond acceptors (Lipinski definition) is 4. The molecule has 0 unspecified atom stereocenters. The van der Waals surface area contributed by atoms with Crippen LogP contribution in [0.3, 0.4) is 0 Å². The minimum Gasteiger partial charge on any atom is -0.293 e. The zero-order chi connectivity index (χ0) is 20.8. The van der Waals surface area contributed by atoms with Crippen LogP contribution in [-0.2, 0) is 6.54 Å². The summed E-state index contributed by atoms with van der Waals surface area (Å²) >= 11 is 1.36. The van der Waals surface area contributed by atoms with Gasteiger partial charge in [0, 0.05) is 12.1 Å². The lowest BCUT2D eigenvalue weighted by Gasteiger charge is -2.13. The smallest absolute Gasteiger partial charge is 0.262 e. The molecule has 3 aromatic rings. The number of fused-ring (bicyclic) bond motifs is 1. The summed E-state index contributed by atoms with van der Waals surface area (Å²) in [6.07, 6.45) is 4.33. The lowest BCUT2D eigenvalue weighted by molar-refractivity contribution is 0.102. The number of para-hydroxylation sites is 1. The first-order chi connectivity index (χ1) is 14.0. The number of Topliss-reactive ketones (excluding diaryl/α,β-unsaturated/α-hetero) is 1. The van der Waals surface area contributed by atoms with Gasteiger partial charge in [-0.05, 0) is 38.0 Å². The number of carbonyl (C=O) groups excluding carboxylic acids is 1. The van der Waals surface area contributed by atoms with Crippen molar-refractivity contribution in [1.29, 1.82) is 0 Å². The molecule has 1 aromatic heterocycles. The molecule has 4 nitrogen and oxygen atoms in total. The summed E-state index contributed by atoms with van der Waals surface area (Å²) in [5.74, 6) is 0.330. The molecular formula is C24H28N2O2S. The Morgan fingerprint density at radius 2 is 1.86 bits per heavy atom. The number of benzene rings is 2. The Kier molecular flexibility index (Phi) is 7.26. The van der Waals surface area contributed by atoms with Crippen LogP contribution in [0.5, 0.6) is 0 Å². The number of hydrogen-bond donors (Lipinski definition) is 0. The van der Waals surface area contributed by atoms with Gasteiger partial charge in [-0.2, -0.15) is 0 Å². The van der Waals surface area contributed by atoms with Crippen LogP contribution in [0.2, 0.25) is 0 Å². The number of thioether (sulfide) groups is 1. The van der Waals surface area contributed by atoms with Crippen LogP contribution in [0.4, 0.5) is 0 Å². The van der Waals surface area contributed by atoms with E-state index in [0.29, 0.717) is 22.6 Å².